The normalized spacial score (nSPS) is 9.31. The highest BCUT2D eigenvalue weighted by Gasteiger charge is 1.98. The summed E-state index contributed by atoms with van der Waals surface area (Å²) in [6.07, 6.45) is 0.813. The van der Waals surface area contributed by atoms with E-state index in [0.717, 1.165) is 11.8 Å². The van der Waals surface area contributed by atoms with Crippen molar-refractivity contribution in [3.63, 3.8) is 0 Å². The van der Waals surface area contributed by atoms with E-state index in [4.69, 9.17) is 4.74 Å². The molecule has 13 heavy (non-hydrogen) atoms. The fourth-order valence-corrected chi connectivity index (χ4v) is 1.01. The molecule has 0 aliphatic heterocycles. The second-order valence-corrected chi connectivity index (χ2v) is 2.60. The van der Waals surface area contributed by atoms with E-state index >= 15 is 0 Å². The smallest absolute Gasteiger partial charge is 0.150 e. The fraction of sp³-hybridized carbons (Fsp3) is 0.182. The summed E-state index contributed by atoms with van der Waals surface area (Å²) in [7, 11) is 0. The van der Waals surface area contributed by atoms with E-state index in [1.165, 1.54) is 0 Å². The minimum absolute atomic E-state index is 0.605. The second-order valence-electron chi connectivity index (χ2n) is 2.60. The molecular weight excluding hydrogens is 164 g/mol. The number of benzene rings is 1. The first-order valence-corrected chi connectivity index (χ1v) is 4.15. The molecule has 2 nitrogen and oxygen atoms in total. The van der Waals surface area contributed by atoms with Crippen LogP contribution in [0.25, 0.3) is 5.76 Å². The minimum atomic E-state index is 0.605. The van der Waals surface area contributed by atoms with Crippen LogP contribution in [0.5, 0.6) is 0 Å². The highest BCUT2D eigenvalue weighted by atomic mass is 16.5. The van der Waals surface area contributed by atoms with Crippen molar-refractivity contribution in [1.82, 2.24) is 0 Å². The van der Waals surface area contributed by atoms with Crippen molar-refractivity contribution in [2.24, 2.45) is 0 Å². The zero-order valence-corrected chi connectivity index (χ0v) is 7.62. The Morgan fingerprint density at radius 3 is 2.54 bits per heavy atom. The quantitative estimate of drug-likeness (QED) is 0.520. The SMILES string of the molecule is C=C(OCC)c1ccc(C=O)cc1. The summed E-state index contributed by atoms with van der Waals surface area (Å²) >= 11 is 0. The summed E-state index contributed by atoms with van der Waals surface area (Å²) in [4.78, 5) is 10.4. The molecule has 0 aliphatic carbocycles. The first-order chi connectivity index (χ1) is 6.27. The van der Waals surface area contributed by atoms with Crippen LogP contribution in [0.2, 0.25) is 0 Å². The summed E-state index contributed by atoms with van der Waals surface area (Å²) in [5.41, 5.74) is 1.57. The van der Waals surface area contributed by atoms with Gasteiger partial charge in [-0.1, -0.05) is 30.8 Å². The van der Waals surface area contributed by atoms with Gasteiger partial charge in [0.15, 0.2) is 0 Å². The number of hydrogen-bond acceptors (Lipinski definition) is 2. The molecule has 1 aromatic carbocycles. The Labute approximate surface area is 77.8 Å². The maximum absolute atomic E-state index is 10.4. The highest BCUT2D eigenvalue weighted by molar-refractivity contribution is 5.75. The minimum Gasteiger partial charge on any atom is -0.494 e. The first-order valence-electron chi connectivity index (χ1n) is 4.15. The summed E-state index contributed by atoms with van der Waals surface area (Å²) in [6, 6.07) is 7.13. The van der Waals surface area contributed by atoms with Crippen molar-refractivity contribution in [3.8, 4) is 0 Å². The molecule has 0 N–H and O–H groups in total. The van der Waals surface area contributed by atoms with Crippen molar-refractivity contribution in [2.75, 3.05) is 6.61 Å². The molecule has 0 aliphatic rings. The maximum atomic E-state index is 10.4. The average Bonchev–Trinajstić information content (AvgIpc) is 2.18. The van der Waals surface area contributed by atoms with Crippen LogP contribution in [0.4, 0.5) is 0 Å². The molecule has 68 valence electrons. The summed E-state index contributed by atoms with van der Waals surface area (Å²) < 4.78 is 5.22. The molecule has 0 fully saturated rings. The van der Waals surface area contributed by atoms with Gasteiger partial charge in [-0.15, -0.1) is 0 Å². The molecule has 0 atom stereocenters. The molecule has 0 bridgehead atoms. The Morgan fingerprint density at radius 1 is 1.46 bits per heavy atom. The van der Waals surface area contributed by atoms with Crippen LogP contribution >= 0.6 is 0 Å². The van der Waals surface area contributed by atoms with E-state index in [0.29, 0.717) is 17.9 Å². The van der Waals surface area contributed by atoms with Crippen LogP contribution in [-0.4, -0.2) is 12.9 Å². The fourth-order valence-electron chi connectivity index (χ4n) is 1.01. The van der Waals surface area contributed by atoms with Crippen LogP contribution in [-0.2, 0) is 4.74 Å². The predicted molar refractivity (Wildman–Crippen MR) is 52.5 cm³/mol. The summed E-state index contributed by atoms with van der Waals surface area (Å²) in [5, 5.41) is 0. The third kappa shape index (κ3) is 2.44. The average molecular weight is 176 g/mol. The molecule has 1 aromatic rings. The molecule has 0 amide bonds. The Kier molecular flexibility index (Phi) is 3.26. The second kappa shape index (κ2) is 4.45. The van der Waals surface area contributed by atoms with Gasteiger partial charge in [-0.2, -0.15) is 0 Å². The van der Waals surface area contributed by atoms with Gasteiger partial charge in [0.1, 0.15) is 12.0 Å². The van der Waals surface area contributed by atoms with Crippen LogP contribution in [0.3, 0.4) is 0 Å². The molecule has 0 saturated heterocycles. The van der Waals surface area contributed by atoms with Crippen molar-refractivity contribution >= 4 is 12.0 Å². The number of aldehydes is 1. The van der Waals surface area contributed by atoms with Gasteiger partial charge in [-0.25, -0.2) is 0 Å². The predicted octanol–water partition coefficient (Wildman–Crippen LogP) is 2.51. The van der Waals surface area contributed by atoms with E-state index in [9.17, 15) is 4.79 Å². The van der Waals surface area contributed by atoms with Gasteiger partial charge in [0.2, 0.25) is 0 Å². The number of carbonyl (C=O) groups excluding carboxylic acids is 1. The molecule has 0 unspecified atom stereocenters. The van der Waals surface area contributed by atoms with E-state index in [2.05, 4.69) is 6.58 Å². The Balaban J connectivity index is 2.79. The third-order valence-corrected chi connectivity index (χ3v) is 1.69. The van der Waals surface area contributed by atoms with Gasteiger partial charge in [0.25, 0.3) is 0 Å². The highest BCUT2D eigenvalue weighted by Crippen LogP contribution is 2.13. The van der Waals surface area contributed by atoms with Crippen molar-refractivity contribution < 1.29 is 9.53 Å². The Morgan fingerprint density at radius 2 is 2.08 bits per heavy atom. The van der Waals surface area contributed by atoms with Crippen LogP contribution in [0, 0.1) is 0 Å². The maximum Gasteiger partial charge on any atom is 0.150 e. The van der Waals surface area contributed by atoms with Gasteiger partial charge in [-0.05, 0) is 6.92 Å². The van der Waals surface area contributed by atoms with Gasteiger partial charge >= 0.3 is 0 Å². The molecule has 0 heterocycles. The standard InChI is InChI=1S/C11H12O2/c1-3-13-9(2)11-6-4-10(8-12)5-7-11/h4-8H,2-3H2,1H3. The zero-order valence-electron chi connectivity index (χ0n) is 7.62. The first kappa shape index (κ1) is 9.52. The summed E-state index contributed by atoms with van der Waals surface area (Å²) in [6.45, 7) is 6.27. The third-order valence-electron chi connectivity index (χ3n) is 1.69. The lowest BCUT2D eigenvalue weighted by Crippen LogP contribution is -1.90. The van der Waals surface area contributed by atoms with E-state index in [1.807, 2.05) is 19.1 Å². The monoisotopic (exact) mass is 176 g/mol. The number of carbonyl (C=O) groups is 1. The van der Waals surface area contributed by atoms with Gasteiger partial charge in [0, 0.05) is 11.1 Å². The molecule has 0 saturated carbocycles. The van der Waals surface area contributed by atoms with Gasteiger partial charge in [0.05, 0.1) is 6.61 Å². The number of ether oxygens (including phenoxy) is 1. The van der Waals surface area contributed by atoms with Crippen LogP contribution < -0.4 is 0 Å². The lowest BCUT2D eigenvalue weighted by Gasteiger charge is -2.06. The Bertz CT molecular complexity index is 298. The van der Waals surface area contributed by atoms with Crippen LogP contribution in [0.1, 0.15) is 22.8 Å². The molecular formula is C11H12O2. The van der Waals surface area contributed by atoms with Gasteiger partial charge < -0.3 is 4.74 Å². The summed E-state index contributed by atoms with van der Waals surface area (Å²) in [5.74, 6) is 0.639. The topological polar surface area (TPSA) is 26.3 Å². The number of rotatable bonds is 4. The van der Waals surface area contributed by atoms with E-state index in [-0.39, 0.29) is 0 Å². The van der Waals surface area contributed by atoms with Crippen molar-refractivity contribution in [3.05, 3.63) is 42.0 Å². The van der Waals surface area contributed by atoms with Crippen molar-refractivity contribution in [1.29, 1.82) is 0 Å². The lowest BCUT2D eigenvalue weighted by atomic mass is 10.1. The van der Waals surface area contributed by atoms with Gasteiger partial charge in [-0.3, -0.25) is 4.79 Å². The molecule has 2 heteroatoms. The number of hydrogen-bond donors (Lipinski definition) is 0. The Hall–Kier alpha value is -1.57. The van der Waals surface area contributed by atoms with Crippen LogP contribution in [0.15, 0.2) is 30.8 Å². The van der Waals surface area contributed by atoms with E-state index < -0.39 is 0 Å². The molecule has 0 aromatic heterocycles. The molecule has 0 spiro atoms. The lowest BCUT2D eigenvalue weighted by molar-refractivity contribution is 0.112. The molecule has 1 rings (SSSR count). The zero-order chi connectivity index (χ0) is 9.68. The van der Waals surface area contributed by atoms with Crippen molar-refractivity contribution in [2.45, 2.75) is 6.92 Å². The largest absolute Gasteiger partial charge is 0.494 e. The molecule has 0 radical (unpaired) electrons. The van der Waals surface area contributed by atoms with E-state index in [1.54, 1.807) is 12.1 Å².